The first-order chi connectivity index (χ1) is 6.27. The van der Waals surface area contributed by atoms with Crippen molar-refractivity contribution in [2.24, 2.45) is 0 Å². The fourth-order valence-electron chi connectivity index (χ4n) is 1.07. The van der Waals surface area contributed by atoms with Gasteiger partial charge in [0.15, 0.2) is 11.5 Å². The summed E-state index contributed by atoms with van der Waals surface area (Å²) in [4.78, 5) is 4.01. The predicted molar refractivity (Wildman–Crippen MR) is 47.3 cm³/mol. The van der Waals surface area contributed by atoms with Crippen molar-refractivity contribution < 1.29 is 0 Å². The van der Waals surface area contributed by atoms with Crippen molar-refractivity contribution in [3.8, 4) is 0 Å². The van der Waals surface area contributed by atoms with Gasteiger partial charge in [-0.3, -0.25) is 4.98 Å². The van der Waals surface area contributed by atoms with Crippen LogP contribution in [0.3, 0.4) is 0 Å². The zero-order valence-corrected chi connectivity index (χ0v) is 7.47. The van der Waals surface area contributed by atoms with Crippen molar-refractivity contribution in [1.29, 1.82) is 0 Å². The van der Waals surface area contributed by atoms with Gasteiger partial charge in [-0.25, -0.2) is 0 Å². The summed E-state index contributed by atoms with van der Waals surface area (Å²) in [7, 11) is 0. The maximum Gasteiger partial charge on any atom is 0.199 e. The number of hydrogen-bond donors (Lipinski definition) is 1. The first-order valence-corrected chi connectivity index (χ1v) is 4.06. The van der Waals surface area contributed by atoms with Crippen molar-refractivity contribution in [3.05, 3.63) is 12.4 Å². The number of anilines is 1. The highest BCUT2D eigenvalue weighted by molar-refractivity contribution is 5.43. The second kappa shape index (κ2) is 2.96. The molecular formula is C7H10N6. The van der Waals surface area contributed by atoms with Crippen LogP contribution < -0.4 is 5.32 Å². The van der Waals surface area contributed by atoms with E-state index in [9.17, 15) is 0 Å². The molecule has 2 heterocycles. The Hall–Kier alpha value is -1.72. The Morgan fingerprint density at radius 3 is 3.00 bits per heavy atom. The molecule has 0 radical (unpaired) electrons. The Morgan fingerprint density at radius 2 is 2.23 bits per heavy atom. The van der Waals surface area contributed by atoms with E-state index < -0.39 is 0 Å². The Balaban J connectivity index is 2.48. The summed E-state index contributed by atoms with van der Waals surface area (Å²) in [5.41, 5.74) is 0.644. The monoisotopic (exact) mass is 178 g/mol. The van der Waals surface area contributed by atoms with E-state index in [0.29, 0.717) is 11.7 Å². The second-order valence-corrected chi connectivity index (χ2v) is 3.04. The Morgan fingerprint density at radius 1 is 1.38 bits per heavy atom. The SMILES string of the molecule is CC(C)Nc1cncc2nnnn12. The number of nitrogens with one attached hydrogen (secondary N) is 1. The smallest absolute Gasteiger partial charge is 0.199 e. The highest BCUT2D eigenvalue weighted by Crippen LogP contribution is 2.06. The van der Waals surface area contributed by atoms with Gasteiger partial charge in [0.05, 0.1) is 12.4 Å². The van der Waals surface area contributed by atoms with Gasteiger partial charge in [-0.2, -0.15) is 4.52 Å². The maximum absolute atomic E-state index is 4.01. The topological polar surface area (TPSA) is 68.0 Å². The summed E-state index contributed by atoms with van der Waals surface area (Å²) >= 11 is 0. The van der Waals surface area contributed by atoms with Crippen molar-refractivity contribution in [2.75, 3.05) is 5.32 Å². The lowest BCUT2D eigenvalue weighted by Gasteiger charge is -2.08. The van der Waals surface area contributed by atoms with Gasteiger partial charge in [0.1, 0.15) is 0 Å². The van der Waals surface area contributed by atoms with Gasteiger partial charge >= 0.3 is 0 Å². The summed E-state index contributed by atoms with van der Waals surface area (Å²) in [5, 5.41) is 14.4. The van der Waals surface area contributed by atoms with Crippen LogP contribution in [-0.2, 0) is 0 Å². The van der Waals surface area contributed by atoms with Gasteiger partial charge in [0.25, 0.3) is 0 Å². The summed E-state index contributed by atoms with van der Waals surface area (Å²) in [6.07, 6.45) is 3.31. The summed E-state index contributed by atoms with van der Waals surface area (Å²) in [5.74, 6) is 0.803. The van der Waals surface area contributed by atoms with Crippen molar-refractivity contribution in [3.63, 3.8) is 0 Å². The minimum Gasteiger partial charge on any atom is -0.366 e. The van der Waals surface area contributed by atoms with Crippen LogP contribution in [0.25, 0.3) is 5.65 Å². The number of aromatic nitrogens is 5. The average Bonchev–Trinajstić information content (AvgIpc) is 2.51. The highest BCUT2D eigenvalue weighted by Gasteiger charge is 2.03. The molecule has 0 unspecified atom stereocenters. The fraction of sp³-hybridized carbons (Fsp3) is 0.429. The molecule has 0 aliphatic rings. The lowest BCUT2D eigenvalue weighted by molar-refractivity contribution is 0.800. The maximum atomic E-state index is 4.01. The molecule has 0 aliphatic heterocycles. The Bertz CT molecular complexity index is 406. The zero-order valence-electron chi connectivity index (χ0n) is 7.47. The molecule has 68 valence electrons. The van der Waals surface area contributed by atoms with E-state index in [1.165, 1.54) is 0 Å². The molecule has 6 heteroatoms. The van der Waals surface area contributed by atoms with Gasteiger partial charge in [-0.1, -0.05) is 0 Å². The fourth-order valence-corrected chi connectivity index (χ4v) is 1.07. The molecule has 1 N–H and O–H groups in total. The third-order valence-corrected chi connectivity index (χ3v) is 1.55. The molecule has 6 nitrogen and oxygen atoms in total. The highest BCUT2D eigenvalue weighted by atomic mass is 15.5. The molecule has 13 heavy (non-hydrogen) atoms. The number of fused-ring (bicyclic) bond motifs is 1. The van der Waals surface area contributed by atoms with Crippen molar-refractivity contribution in [1.82, 2.24) is 25.0 Å². The number of hydrogen-bond acceptors (Lipinski definition) is 5. The van der Waals surface area contributed by atoms with Crippen molar-refractivity contribution >= 4 is 11.5 Å². The molecule has 0 fully saturated rings. The van der Waals surface area contributed by atoms with Crippen LogP contribution in [0.15, 0.2) is 12.4 Å². The van der Waals surface area contributed by atoms with Crippen LogP contribution in [0.2, 0.25) is 0 Å². The van der Waals surface area contributed by atoms with Gasteiger partial charge in [-0.15, -0.1) is 5.10 Å². The van der Waals surface area contributed by atoms with E-state index in [-0.39, 0.29) is 0 Å². The Kier molecular flexibility index (Phi) is 1.80. The summed E-state index contributed by atoms with van der Waals surface area (Å²) < 4.78 is 1.62. The first kappa shape index (κ1) is 7.90. The van der Waals surface area contributed by atoms with E-state index in [2.05, 4.69) is 25.8 Å². The van der Waals surface area contributed by atoms with Crippen molar-refractivity contribution in [2.45, 2.75) is 19.9 Å². The Labute approximate surface area is 75.0 Å². The molecule has 0 amide bonds. The number of nitrogens with zero attached hydrogens (tertiary/aromatic N) is 5. The second-order valence-electron chi connectivity index (χ2n) is 3.04. The lowest BCUT2D eigenvalue weighted by atomic mass is 10.4. The van der Waals surface area contributed by atoms with E-state index in [1.54, 1.807) is 16.9 Å². The standard InChI is InChI=1S/C7H10N6/c1-5(2)9-6-3-8-4-7-10-11-12-13(6)7/h3-5,9H,1-2H3. The van der Waals surface area contributed by atoms with E-state index in [1.807, 2.05) is 13.8 Å². The zero-order chi connectivity index (χ0) is 9.26. The average molecular weight is 178 g/mol. The van der Waals surface area contributed by atoms with Crippen LogP contribution in [0, 0.1) is 0 Å². The van der Waals surface area contributed by atoms with Crippen LogP contribution in [-0.4, -0.2) is 31.1 Å². The molecule has 0 atom stereocenters. The molecule has 0 saturated carbocycles. The van der Waals surface area contributed by atoms with E-state index in [0.717, 1.165) is 5.82 Å². The van der Waals surface area contributed by atoms with Gasteiger partial charge < -0.3 is 5.32 Å². The van der Waals surface area contributed by atoms with Crippen LogP contribution in [0.4, 0.5) is 5.82 Å². The third-order valence-electron chi connectivity index (χ3n) is 1.55. The quantitative estimate of drug-likeness (QED) is 0.718. The minimum atomic E-state index is 0.330. The summed E-state index contributed by atoms with van der Waals surface area (Å²) in [6, 6.07) is 0.330. The van der Waals surface area contributed by atoms with Crippen LogP contribution >= 0.6 is 0 Å². The largest absolute Gasteiger partial charge is 0.366 e. The molecule has 2 aromatic heterocycles. The number of rotatable bonds is 2. The van der Waals surface area contributed by atoms with E-state index in [4.69, 9.17) is 0 Å². The predicted octanol–water partition coefficient (Wildman–Crippen LogP) is 0.340. The number of tetrazole rings is 1. The van der Waals surface area contributed by atoms with Gasteiger partial charge in [-0.05, 0) is 24.3 Å². The first-order valence-electron chi connectivity index (χ1n) is 4.06. The third kappa shape index (κ3) is 1.42. The summed E-state index contributed by atoms with van der Waals surface area (Å²) in [6.45, 7) is 4.09. The molecule has 2 aromatic rings. The molecule has 0 aromatic carbocycles. The lowest BCUT2D eigenvalue weighted by Crippen LogP contribution is -2.13. The molecule has 2 rings (SSSR count). The molecule has 0 bridgehead atoms. The van der Waals surface area contributed by atoms with Gasteiger partial charge in [0, 0.05) is 6.04 Å². The molecule has 0 saturated heterocycles. The van der Waals surface area contributed by atoms with Crippen LogP contribution in [0.5, 0.6) is 0 Å². The van der Waals surface area contributed by atoms with Gasteiger partial charge in [0.2, 0.25) is 0 Å². The van der Waals surface area contributed by atoms with E-state index >= 15 is 0 Å². The normalized spacial score (nSPS) is 11.0. The van der Waals surface area contributed by atoms with Crippen LogP contribution in [0.1, 0.15) is 13.8 Å². The minimum absolute atomic E-state index is 0.330. The molecule has 0 spiro atoms. The molecule has 0 aliphatic carbocycles. The molecular weight excluding hydrogens is 168 g/mol.